The molecule has 4 nitrogen and oxygen atoms in total. The number of hydrogen-bond donors (Lipinski definition) is 2. The predicted molar refractivity (Wildman–Crippen MR) is 92.5 cm³/mol. The summed E-state index contributed by atoms with van der Waals surface area (Å²) < 4.78 is 26.8. The number of aryl methyl sites for hydroxylation is 1. The normalized spacial score (nSPS) is 12.8. The molecule has 0 aliphatic heterocycles. The van der Waals surface area contributed by atoms with E-state index in [2.05, 4.69) is 11.3 Å². The summed E-state index contributed by atoms with van der Waals surface area (Å²) in [4.78, 5) is 0.222. The van der Waals surface area contributed by atoms with E-state index in [0.29, 0.717) is 5.57 Å². The Morgan fingerprint density at radius 2 is 1.74 bits per heavy atom. The van der Waals surface area contributed by atoms with Gasteiger partial charge in [-0.2, -0.15) is 0 Å². The molecule has 0 amide bonds. The molecular formula is C18H21NO3S. The van der Waals surface area contributed by atoms with Crippen molar-refractivity contribution >= 4 is 15.6 Å². The lowest BCUT2D eigenvalue weighted by atomic mass is 10.0. The predicted octanol–water partition coefficient (Wildman–Crippen LogP) is 2.74. The second-order valence-corrected chi connectivity index (χ2v) is 7.17. The standard InChI is InChI=1S/C18H21NO3S/c1-14-8-10-17(11-9-14)23(21,22)19-13-12-18(20)15(2)16-6-4-3-5-7-16/h3-11,18-20H,2,12-13H2,1H3. The third-order valence-electron chi connectivity index (χ3n) is 3.59. The van der Waals surface area contributed by atoms with Crippen molar-refractivity contribution < 1.29 is 13.5 Å². The molecule has 2 N–H and O–H groups in total. The number of hydrogen-bond acceptors (Lipinski definition) is 3. The van der Waals surface area contributed by atoms with E-state index in [1.807, 2.05) is 37.3 Å². The van der Waals surface area contributed by atoms with Gasteiger partial charge in [0.2, 0.25) is 10.0 Å². The zero-order chi connectivity index (χ0) is 16.9. The molecule has 2 aromatic rings. The molecule has 0 saturated carbocycles. The maximum absolute atomic E-state index is 12.1. The molecule has 1 unspecified atom stereocenters. The Morgan fingerprint density at radius 1 is 1.13 bits per heavy atom. The van der Waals surface area contributed by atoms with Gasteiger partial charge in [-0.1, -0.05) is 54.6 Å². The molecule has 1 atom stereocenters. The smallest absolute Gasteiger partial charge is 0.240 e. The topological polar surface area (TPSA) is 66.4 Å². The maximum Gasteiger partial charge on any atom is 0.240 e. The molecule has 0 heterocycles. The van der Waals surface area contributed by atoms with Crippen LogP contribution < -0.4 is 4.72 Å². The zero-order valence-corrected chi connectivity index (χ0v) is 13.9. The quantitative estimate of drug-likeness (QED) is 0.820. The van der Waals surface area contributed by atoms with E-state index in [9.17, 15) is 13.5 Å². The molecule has 0 spiro atoms. The van der Waals surface area contributed by atoms with E-state index in [-0.39, 0.29) is 17.9 Å². The molecule has 0 radical (unpaired) electrons. The van der Waals surface area contributed by atoms with Crippen LogP contribution >= 0.6 is 0 Å². The van der Waals surface area contributed by atoms with Crippen LogP contribution in [0.25, 0.3) is 5.57 Å². The number of aliphatic hydroxyl groups excluding tert-OH is 1. The summed E-state index contributed by atoms with van der Waals surface area (Å²) in [5.74, 6) is 0. The van der Waals surface area contributed by atoms with Crippen LogP contribution in [0.2, 0.25) is 0 Å². The molecule has 2 rings (SSSR count). The largest absolute Gasteiger partial charge is 0.388 e. The van der Waals surface area contributed by atoms with Crippen molar-refractivity contribution in [3.63, 3.8) is 0 Å². The molecule has 2 aromatic carbocycles. The van der Waals surface area contributed by atoms with Gasteiger partial charge < -0.3 is 5.11 Å². The van der Waals surface area contributed by atoms with Gasteiger partial charge in [-0.25, -0.2) is 13.1 Å². The lowest BCUT2D eigenvalue weighted by molar-refractivity contribution is 0.223. The lowest BCUT2D eigenvalue weighted by Gasteiger charge is -2.14. The summed E-state index contributed by atoms with van der Waals surface area (Å²) >= 11 is 0. The maximum atomic E-state index is 12.1. The first-order valence-electron chi connectivity index (χ1n) is 7.39. The van der Waals surface area contributed by atoms with Crippen LogP contribution in [0.15, 0.2) is 66.1 Å². The van der Waals surface area contributed by atoms with Crippen LogP contribution in [0.4, 0.5) is 0 Å². The summed E-state index contributed by atoms with van der Waals surface area (Å²) in [6, 6.07) is 16.0. The lowest BCUT2D eigenvalue weighted by Crippen LogP contribution is -2.27. The Balaban J connectivity index is 1.91. The highest BCUT2D eigenvalue weighted by Gasteiger charge is 2.15. The van der Waals surface area contributed by atoms with E-state index in [4.69, 9.17) is 0 Å². The van der Waals surface area contributed by atoms with Gasteiger partial charge in [0.1, 0.15) is 0 Å². The number of rotatable bonds is 7. The van der Waals surface area contributed by atoms with Gasteiger partial charge in [0.05, 0.1) is 11.0 Å². The average molecular weight is 331 g/mol. The van der Waals surface area contributed by atoms with E-state index in [1.54, 1.807) is 24.3 Å². The number of aliphatic hydroxyl groups is 1. The van der Waals surface area contributed by atoms with Crippen molar-refractivity contribution in [3.8, 4) is 0 Å². The fourth-order valence-corrected chi connectivity index (χ4v) is 3.20. The van der Waals surface area contributed by atoms with Gasteiger partial charge in [0, 0.05) is 6.54 Å². The Kier molecular flexibility index (Phi) is 5.71. The van der Waals surface area contributed by atoms with Crippen LogP contribution in [-0.4, -0.2) is 26.2 Å². The molecule has 0 bridgehead atoms. The summed E-state index contributed by atoms with van der Waals surface area (Å²) in [7, 11) is -3.55. The monoisotopic (exact) mass is 331 g/mol. The van der Waals surface area contributed by atoms with Gasteiger partial charge in [-0.3, -0.25) is 0 Å². The first-order valence-corrected chi connectivity index (χ1v) is 8.87. The molecule has 0 aliphatic carbocycles. The second kappa shape index (κ2) is 7.55. The summed E-state index contributed by atoms with van der Waals surface area (Å²) in [5.41, 5.74) is 2.43. The molecule has 0 aliphatic rings. The molecule has 0 aromatic heterocycles. The Hall–Kier alpha value is -1.95. The number of benzene rings is 2. The third-order valence-corrected chi connectivity index (χ3v) is 5.06. The highest BCUT2D eigenvalue weighted by atomic mass is 32.2. The van der Waals surface area contributed by atoms with E-state index < -0.39 is 16.1 Å². The number of sulfonamides is 1. The van der Waals surface area contributed by atoms with Gasteiger partial charge in [-0.05, 0) is 36.6 Å². The van der Waals surface area contributed by atoms with Crippen LogP contribution in [0, 0.1) is 6.92 Å². The fraction of sp³-hybridized carbons (Fsp3) is 0.222. The summed E-state index contributed by atoms with van der Waals surface area (Å²) in [6.45, 7) is 5.92. The minimum absolute atomic E-state index is 0.142. The molecule has 0 fully saturated rings. The van der Waals surface area contributed by atoms with E-state index in [1.165, 1.54) is 0 Å². The highest BCUT2D eigenvalue weighted by molar-refractivity contribution is 7.89. The minimum atomic E-state index is -3.55. The molecular weight excluding hydrogens is 310 g/mol. The number of nitrogens with one attached hydrogen (secondary N) is 1. The van der Waals surface area contributed by atoms with Crippen molar-refractivity contribution in [2.75, 3.05) is 6.54 Å². The second-order valence-electron chi connectivity index (χ2n) is 5.41. The Bertz CT molecular complexity index is 753. The third kappa shape index (κ3) is 4.76. The summed E-state index contributed by atoms with van der Waals surface area (Å²) in [5, 5.41) is 10.1. The van der Waals surface area contributed by atoms with Crippen molar-refractivity contribution in [1.82, 2.24) is 4.72 Å². The Labute approximate surface area is 137 Å². The van der Waals surface area contributed by atoms with Gasteiger partial charge in [0.15, 0.2) is 0 Å². The van der Waals surface area contributed by atoms with Crippen LogP contribution in [-0.2, 0) is 10.0 Å². The van der Waals surface area contributed by atoms with Gasteiger partial charge in [-0.15, -0.1) is 0 Å². The van der Waals surface area contributed by atoms with Crippen molar-refractivity contribution in [2.45, 2.75) is 24.3 Å². The van der Waals surface area contributed by atoms with Crippen LogP contribution in [0.5, 0.6) is 0 Å². The van der Waals surface area contributed by atoms with Crippen molar-refractivity contribution in [1.29, 1.82) is 0 Å². The summed E-state index contributed by atoms with van der Waals surface area (Å²) in [6.07, 6.45) is -0.531. The average Bonchev–Trinajstić information content (AvgIpc) is 2.55. The van der Waals surface area contributed by atoms with E-state index in [0.717, 1.165) is 11.1 Å². The van der Waals surface area contributed by atoms with Crippen LogP contribution in [0.3, 0.4) is 0 Å². The minimum Gasteiger partial charge on any atom is -0.388 e. The van der Waals surface area contributed by atoms with Crippen LogP contribution in [0.1, 0.15) is 17.5 Å². The molecule has 23 heavy (non-hydrogen) atoms. The first-order chi connectivity index (χ1) is 10.9. The van der Waals surface area contributed by atoms with Gasteiger partial charge >= 0.3 is 0 Å². The Morgan fingerprint density at radius 3 is 2.35 bits per heavy atom. The van der Waals surface area contributed by atoms with Crippen molar-refractivity contribution in [3.05, 3.63) is 72.3 Å². The highest BCUT2D eigenvalue weighted by Crippen LogP contribution is 2.18. The molecule has 5 heteroatoms. The molecule has 122 valence electrons. The first kappa shape index (κ1) is 17.4. The zero-order valence-electron chi connectivity index (χ0n) is 13.1. The SMILES string of the molecule is C=C(c1ccccc1)C(O)CCNS(=O)(=O)c1ccc(C)cc1. The fourth-order valence-electron chi connectivity index (χ4n) is 2.15. The van der Waals surface area contributed by atoms with E-state index >= 15 is 0 Å². The van der Waals surface area contributed by atoms with Crippen molar-refractivity contribution in [2.24, 2.45) is 0 Å². The van der Waals surface area contributed by atoms with Gasteiger partial charge in [0.25, 0.3) is 0 Å². The molecule has 0 saturated heterocycles.